The Balaban J connectivity index is 1.03. The largest absolute Gasteiger partial charge is 0.477 e. The van der Waals surface area contributed by atoms with E-state index in [0.717, 1.165) is 61.4 Å². The van der Waals surface area contributed by atoms with Gasteiger partial charge in [0.25, 0.3) is 0 Å². The van der Waals surface area contributed by atoms with E-state index in [4.69, 9.17) is 19.4 Å². The number of hydrogen-bond donors (Lipinski definition) is 1. The lowest BCUT2D eigenvalue weighted by atomic mass is 9.92. The molecule has 0 radical (unpaired) electrons. The molecule has 11 heteroatoms. The summed E-state index contributed by atoms with van der Waals surface area (Å²) in [5.74, 6) is 0.371. The second-order valence-corrected chi connectivity index (χ2v) is 11.5. The molecule has 44 heavy (non-hydrogen) atoms. The summed E-state index contributed by atoms with van der Waals surface area (Å²) in [7, 11) is 0. The molecule has 2 aliphatic rings. The lowest BCUT2D eigenvalue weighted by Crippen LogP contribution is -2.37. The highest BCUT2D eigenvalue weighted by Gasteiger charge is 2.30. The summed E-state index contributed by atoms with van der Waals surface area (Å²) in [5.41, 5.74) is 3.83. The monoisotopic (exact) mass is 596 g/mol. The summed E-state index contributed by atoms with van der Waals surface area (Å²) < 4.78 is 27.5. The Kier molecular flexibility index (Phi) is 7.65. The standard InChI is InChI=1S/C33H33FN6O4/c1-20(31-37-27-7-8-28(33(41)42)38-32(27)40(31)18-24-12-16-43-24)39-14-10-21(11-15-39)26-3-2-4-30(36-26)44-19-22-9-13-35-29-17-23(34)5-6-25(22)29/h2-9,13,17,20-21,24H,10-12,14-16,18-19H2,1H3,(H,41,42)/t20?,24-/m0/s1. The topological polar surface area (TPSA) is 115 Å². The van der Waals surface area contributed by atoms with Gasteiger partial charge in [0.2, 0.25) is 5.88 Å². The van der Waals surface area contributed by atoms with Crippen LogP contribution in [0.4, 0.5) is 4.39 Å². The van der Waals surface area contributed by atoms with Crippen molar-refractivity contribution in [2.45, 2.75) is 57.4 Å². The van der Waals surface area contributed by atoms with Gasteiger partial charge < -0.3 is 19.1 Å². The van der Waals surface area contributed by atoms with Crippen LogP contribution in [-0.2, 0) is 17.9 Å². The molecule has 0 aliphatic carbocycles. The van der Waals surface area contributed by atoms with Gasteiger partial charge in [-0.25, -0.2) is 24.1 Å². The normalized spacial score (nSPS) is 18.4. The van der Waals surface area contributed by atoms with Crippen LogP contribution in [-0.4, -0.2) is 66.3 Å². The maximum Gasteiger partial charge on any atom is 0.354 e. The number of pyridine rings is 3. The Hall–Kier alpha value is -4.48. The molecule has 0 bridgehead atoms. The summed E-state index contributed by atoms with van der Waals surface area (Å²) in [4.78, 5) is 32.5. The first kappa shape index (κ1) is 28.3. The number of likely N-dealkylation sites (tertiary alicyclic amines) is 1. The number of carboxylic acid groups (broad SMARTS) is 1. The molecule has 2 fully saturated rings. The second kappa shape index (κ2) is 11.9. The van der Waals surface area contributed by atoms with Crippen LogP contribution in [0.3, 0.4) is 0 Å². The van der Waals surface area contributed by atoms with E-state index in [2.05, 4.69) is 27.9 Å². The van der Waals surface area contributed by atoms with Crippen molar-refractivity contribution in [3.63, 3.8) is 0 Å². The van der Waals surface area contributed by atoms with Crippen LogP contribution in [0.5, 0.6) is 5.88 Å². The van der Waals surface area contributed by atoms with E-state index >= 15 is 0 Å². The Labute approximate surface area is 253 Å². The van der Waals surface area contributed by atoms with Crippen molar-refractivity contribution in [2.24, 2.45) is 0 Å². The number of aromatic nitrogens is 5. The minimum absolute atomic E-state index is 0.0106. The number of carbonyl (C=O) groups is 1. The van der Waals surface area contributed by atoms with Gasteiger partial charge in [-0.2, -0.15) is 0 Å². The predicted octanol–water partition coefficient (Wildman–Crippen LogP) is 5.52. The first-order chi connectivity index (χ1) is 21.4. The average molecular weight is 597 g/mol. The zero-order valence-corrected chi connectivity index (χ0v) is 24.4. The molecule has 1 N–H and O–H groups in total. The van der Waals surface area contributed by atoms with Gasteiger partial charge >= 0.3 is 5.97 Å². The third kappa shape index (κ3) is 5.60. The Morgan fingerprint density at radius 2 is 1.91 bits per heavy atom. The van der Waals surface area contributed by atoms with Gasteiger partial charge in [-0.15, -0.1) is 0 Å². The first-order valence-corrected chi connectivity index (χ1v) is 15.0. The number of piperidine rings is 1. The minimum atomic E-state index is -1.05. The smallest absolute Gasteiger partial charge is 0.354 e. The average Bonchev–Trinajstić information content (AvgIpc) is 3.39. The van der Waals surface area contributed by atoms with Crippen molar-refractivity contribution in [1.29, 1.82) is 0 Å². The van der Waals surface area contributed by atoms with Crippen molar-refractivity contribution >= 4 is 28.0 Å². The third-order valence-corrected chi connectivity index (χ3v) is 8.81. The zero-order valence-electron chi connectivity index (χ0n) is 24.4. The molecule has 4 aromatic heterocycles. The van der Waals surface area contributed by atoms with Gasteiger partial charge in [0.15, 0.2) is 11.3 Å². The summed E-state index contributed by atoms with van der Waals surface area (Å²) in [6.07, 6.45) is 4.59. The maximum atomic E-state index is 13.6. The lowest BCUT2D eigenvalue weighted by molar-refractivity contribution is -0.0595. The van der Waals surface area contributed by atoms with Crippen LogP contribution < -0.4 is 4.74 Å². The highest BCUT2D eigenvalue weighted by Crippen LogP contribution is 2.33. The summed E-state index contributed by atoms with van der Waals surface area (Å²) in [6, 6.07) is 15.6. The minimum Gasteiger partial charge on any atom is -0.477 e. The molecule has 6 heterocycles. The Morgan fingerprint density at radius 1 is 1.07 bits per heavy atom. The summed E-state index contributed by atoms with van der Waals surface area (Å²) in [6.45, 7) is 5.55. The van der Waals surface area contributed by atoms with Gasteiger partial charge in [0.05, 0.1) is 24.2 Å². The summed E-state index contributed by atoms with van der Waals surface area (Å²) in [5, 5.41) is 10.4. The molecule has 1 aromatic carbocycles. The number of carboxylic acids is 1. The van der Waals surface area contributed by atoms with Crippen molar-refractivity contribution in [1.82, 2.24) is 29.4 Å². The highest BCUT2D eigenvalue weighted by molar-refractivity contribution is 5.88. The molecule has 0 spiro atoms. The van der Waals surface area contributed by atoms with Gasteiger partial charge in [0, 0.05) is 47.5 Å². The first-order valence-electron chi connectivity index (χ1n) is 15.0. The number of aromatic carboxylic acids is 1. The van der Waals surface area contributed by atoms with E-state index in [1.807, 2.05) is 22.8 Å². The molecule has 10 nitrogen and oxygen atoms in total. The van der Waals surface area contributed by atoms with Crippen molar-refractivity contribution in [3.8, 4) is 5.88 Å². The molecule has 0 saturated carbocycles. The number of imidazole rings is 1. The molecular weight excluding hydrogens is 563 g/mol. The number of nitrogens with zero attached hydrogens (tertiary/aromatic N) is 6. The zero-order chi connectivity index (χ0) is 30.2. The fourth-order valence-electron chi connectivity index (χ4n) is 6.21. The van der Waals surface area contributed by atoms with Crippen LogP contribution in [0.2, 0.25) is 0 Å². The quantitative estimate of drug-likeness (QED) is 0.235. The fraction of sp³-hybridized carbons (Fsp3) is 0.364. The lowest BCUT2D eigenvalue weighted by Gasteiger charge is -2.36. The predicted molar refractivity (Wildman–Crippen MR) is 161 cm³/mol. The number of fused-ring (bicyclic) bond motifs is 2. The van der Waals surface area contributed by atoms with E-state index in [0.29, 0.717) is 41.6 Å². The van der Waals surface area contributed by atoms with Gasteiger partial charge in [-0.3, -0.25) is 9.88 Å². The molecule has 2 atom stereocenters. The van der Waals surface area contributed by atoms with E-state index in [1.54, 1.807) is 18.3 Å². The Morgan fingerprint density at radius 3 is 2.68 bits per heavy atom. The van der Waals surface area contributed by atoms with Gasteiger partial charge in [-0.05, 0) is 75.7 Å². The van der Waals surface area contributed by atoms with Crippen molar-refractivity contribution in [2.75, 3.05) is 19.7 Å². The fourth-order valence-corrected chi connectivity index (χ4v) is 6.21. The molecule has 1 unspecified atom stereocenters. The molecule has 226 valence electrons. The van der Waals surface area contributed by atoms with E-state index < -0.39 is 5.97 Å². The van der Waals surface area contributed by atoms with Crippen LogP contribution in [0, 0.1) is 5.82 Å². The molecule has 7 rings (SSSR count). The number of hydrogen-bond acceptors (Lipinski definition) is 8. The molecule has 2 saturated heterocycles. The molecule has 2 aliphatic heterocycles. The van der Waals surface area contributed by atoms with E-state index in [-0.39, 0.29) is 23.7 Å². The number of rotatable bonds is 9. The Bertz CT molecular complexity index is 1830. The molecule has 0 amide bonds. The van der Waals surface area contributed by atoms with E-state index in [1.165, 1.54) is 18.2 Å². The van der Waals surface area contributed by atoms with Crippen LogP contribution >= 0.6 is 0 Å². The van der Waals surface area contributed by atoms with Crippen LogP contribution in [0.25, 0.3) is 22.1 Å². The van der Waals surface area contributed by atoms with Crippen LogP contribution in [0.15, 0.2) is 60.8 Å². The van der Waals surface area contributed by atoms with Crippen molar-refractivity contribution < 1.29 is 23.8 Å². The van der Waals surface area contributed by atoms with Gasteiger partial charge in [0.1, 0.15) is 23.8 Å². The number of halogens is 1. The second-order valence-electron chi connectivity index (χ2n) is 11.5. The maximum absolute atomic E-state index is 13.6. The van der Waals surface area contributed by atoms with Crippen LogP contribution in [0.1, 0.15) is 65.7 Å². The van der Waals surface area contributed by atoms with Crippen molar-refractivity contribution in [3.05, 3.63) is 89.4 Å². The third-order valence-electron chi connectivity index (χ3n) is 8.81. The SMILES string of the molecule is CC(c1nc2ccc(C(=O)O)nc2n1C[C@@H]1CCO1)N1CCC(c2cccc(OCc3ccnc4cc(F)ccc34)n2)CC1. The molecule has 5 aromatic rings. The highest BCUT2D eigenvalue weighted by atomic mass is 19.1. The summed E-state index contributed by atoms with van der Waals surface area (Å²) >= 11 is 0. The van der Waals surface area contributed by atoms with Gasteiger partial charge in [-0.1, -0.05) is 6.07 Å². The number of ether oxygens (including phenoxy) is 2. The number of benzene rings is 1. The molecular formula is C33H33FN6O4. The van der Waals surface area contributed by atoms with E-state index in [9.17, 15) is 14.3 Å².